The monoisotopic (exact) mass is 331 g/mol. The van der Waals surface area contributed by atoms with Crippen LogP contribution in [0.25, 0.3) is 0 Å². The van der Waals surface area contributed by atoms with E-state index in [9.17, 15) is 14.3 Å². The normalized spacial score (nSPS) is 18.7. The second-order valence-electron chi connectivity index (χ2n) is 6.55. The Bertz CT molecular complexity index is 757. The molecule has 0 spiro atoms. The minimum absolute atomic E-state index is 0.0971. The lowest BCUT2D eigenvalue weighted by molar-refractivity contribution is 0.0694. The molecule has 1 N–H and O–H groups in total. The van der Waals surface area contributed by atoms with Crippen LogP contribution in [0.2, 0.25) is 0 Å². The Kier molecular flexibility index (Phi) is 4.66. The summed E-state index contributed by atoms with van der Waals surface area (Å²) in [5.41, 5.74) is 3.00. The van der Waals surface area contributed by atoms with Gasteiger partial charge in [-0.3, -0.25) is 9.58 Å². The number of carboxylic acids is 1. The molecule has 5 nitrogen and oxygen atoms in total. The topological polar surface area (TPSA) is 58.4 Å². The van der Waals surface area contributed by atoms with Crippen molar-refractivity contribution >= 4 is 5.97 Å². The van der Waals surface area contributed by atoms with E-state index < -0.39 is 5.97 Å². The van der Waals surface area contributed by atoms with Crippen LogP contribution in [0.5, 0.6) is 0 Å². The number of aromatic carboxylic acids is 1. The fraction of sp³-hybridized carbons (Fsp3) is 0.444. The van der Waals surface area contributed by atoms with Crippen LogP contribution in [-0.2, 0) is 13.6 Å². The highest BCUT2D eigenvalue weighted by molar-refractivity contribution is 5.88. The highest BCUT2D eigenvalue weighted by atomic mass is 19.1. The number of likely N-dealkylation sites (tertiary alicyclic amines) is 1. The molecule has 1 aliphatic heterocycles. The Morgan fingerprint density at radius 1 is 1.46 bits per heavy atom. The average Bonchev–Trinajstić information content (AvgIpc) is 2.93. The Morgan fingerprint density at radius 2 is 2.25 bits per heavy atom. The molecule has 3 rings (SSSR count). The zero-order chi connectivity index (χ0) is 17.3. The van der Waals surface area contributed by atoms with E-state index in [2.05, 4.69) is 10.00 Å². The molecule has 1 atom stereocenters. The van der Waals surface area contributed by atoms with Crippen LogP contribution in [0.1, 0.15) is 45.9 Å². The lowest BCUT2D eigenvalue weighted by Crippen LogP contribution is -2.34. The molecule has 24 heavy (non-hydrogen) atoms. The SMILES string of the molecule is Cc1ccc(F)cc1CN1CCCC(c2nn(C)cc2C(=O)O)C1. The fourth-order valence-corrected chi connectivity index (χ4v) is 3.45. The van der Waals surface area contributed by atoms with Gasteiger partial charge in [-0.05, 0) is 49.6 Å². The summed E-state index contributed by atoms with van der Waals surface area (Å²) in [4.78, 5) is 13.7. The zero-order valence-corrected chi connectivity index (χ0v) is 14.0. The van der Waals surface area contributed by atoms with E-state index in [0.717, 1.165) is 37.1 Å². The second-order valence-corrected chi connectivity index (χ2v) is 6.55. The number of nitrogens with zero attached hydrogens (tertiary/aromatic N) is 3. The third-order valence-electron chi connectivity index (χ3n) is 4.69. The first-order chi connectivity index (χ1) is 11.4. The maximum absolute atomic E-state index is 13.5. The third kappa shape index (κ3) is 3.48. The fourth-order valence-electron chi connectivity index (χ4n) is 3.45. The van der Waals surface area contributed by atoms with E-state index in [-0.39, 0.29) is 17.3 Å². The van der Waals surface area contributed by atoms with Crippen LogP contribution in [-0.4, -0.2) is 38.8 Å². The molecule has 0 radical (unpaired) electrons. The Morgan fingerprint density at radius 3 is 3.00 bits per heavy atom. The Balaban J connectivity index is 1.77. The van der Waals surface area contributed by atoms with Gasteiger partial charge in [-0.2, -0.15) is 5.10 Å². The van der Waals surface area contributed by atoms with Crippen molar-refractivity contribution in [3.63, 3.8) is 0 Å². The van der Waals surface area contributed by atoms with Crippen molar-refractivity contribution < 1.29 is 14.3 Å². The van der Waals surface area contributed by atoms with Crippen molar-refractivity contribution in [2.24, 2.45) is 7.05 Å². The summed E-state index contributed by atoms with van der Waals surface area (Å²) < 4.78 is 15.1. The van der Waals surface area contributed by atoms with Crippen LogP contribution < -0.4 is 0 Å². The van der Waals surface area contributed by atoms with Crippen LogP contribution in [0.4, 0.5) is 4.39 Å². The van der Waals surface area contributed by atoms with Gasteiger partial charge in [0.15, 0.2) is 0 Å². The van der Waals surface area contributed by atoms with Crippen LogP contribution >= 0.6 is 0 Å². The van der Waals surface area contributed by atoms with Crippen LogP contribution in [0, 0.1) is 12.7 Å². The van der Waals surface area contributed by atoms with Gasteiger partial charge in [0.25, 0.3) is 0 Å². The van der Waals surface area contributed by atoms with E-state index >= 15 is 0 Å². The van der Waals surface area contributed by atoms with Gasteiger partial charge in [0.1, 0.15) is 11.4 Å². The minimum atomic E-state index is -0.934. The van der Waals surface area contributed by atoms with E-state index in [1.165, 1.54) is 6.07 Å². The van der Waals surface area contributed by atoms with Crippen molar-refractivity contribution in [1.29, 1.82) is 0 Å². The highest BCUT2D eigenvalue weighted by Gasteiger charge is 2.28. The van der Waals surface area contributed by atoms with Crippen molar-refractivity contribution in [2.75, 3.05) is 13.1 Å². The lowest BCUT2D eigenvalue weighted by atomic mass is 9.92. The van der Waals surface area contributed by atoms with Crippen molar-refractivity contribution in [1.82, 2.24) is 14.7 Å². The molecule has 0 saturated carbocycles. The maximum atomic E-state index is 13.5. The van der Waals surface area contributed by atoms with Crippen LogP contribution in [0.15, 0.2) is 24.4 Å². The number of hydrogen-bond acceptors (Lipinski definition) is 3. The van der Waals surface area contributed by atoms with Gasteiger partial charge in [-0.25, -0.2) is 9.18 Å². The number of aromatic nitrogens is 2. The number of rotatable bonds is 4. The molecule has 6 heteroatoms. The van der Waals surface area contributed by atoms with E-state index in [4.69, 9.17) is 0 Å². The third-order valence-corrected chi connectivity index (χ3v) is 4.69. The van der Waals surface area contributed by atoms with Gasteiger partial charge < -0.3 is 5.11 Å². The Labute approximate surface area is 140 Å². The number of carboxylic acid groups (broad SMARTS) is 1. The van der Waals surface area contributed by atoms with Gasteiger partial charge in [0, 0.05) is 32.3 Å². The molecule has 0 amide bonds. The predicted molar refractivity (Wildman–Crippen MR) is 88.6 cm³/mol. The minimum Gasteiger partial charge on any atom is -0.478 e. The van der Waals surface area contributed by atoms with Gasteiger partial charge in [-0.1, -0.05) is 6.07 Å². The molecule has 0 aliphatic carbocycles. The van der Waals surface area contributed by atoms with Gasteiger partial charge in [-0.15, -0.1) is 0 Å². The summed E-state index contributed by atoms with van der Waals surface area (Å²) in [6, 6.07) is 4.86. The summed E-state index contributed by atoms with van der Waals surface area (Å²) in [5, 5.41) is 13.7. The molecule has 2 aromatic rings. The number of carbonyl (C=O) groups is 1. The first-order valence-corrected chi connectivity index (χ1v) is 8.18. The predicted octanol–water partition coefficient (Wildman–Crippen LogP) is 2.95. The maximum Gasteiger partial charge on any atom is 0.339 e. The molecule has 2 heterocycles. The summed E-state index contributed by atoms with van der Waals surface area (Å²) in [6.45, 7) is 4.34. The molecule has 1 unspecified atom stereocenters. The van der Waals surface area contributed by atoms with E-state index in [1.807, 2.05) is 6.92 Å². The molecular formula is C18H22FN3O2. The standard InChI is InChI=1S/C18H22FN3O2/c1-12-5-6-15(19)8-14(12)10-22-7-3-4-13(9-22)17-16(18(23)24)11-21(2)20-17/h5-6,8,11,13H,3-4,7,9-10H2,1-2H3,(H,23,24). The summed E-state index contributed by atoms with van der Waals surface area (Å²) in [7, 11) is 1.74. The summed E-state index contributed by atoms with van der Waals surface area (Å²) in [6.07, 6.45) is 3.47. The van der Waals surface area contributed by atoms with Crippen molar-refractivity contribution in [3.05, 3.63) is 52.6 Å². The largest absolute Gasteiger partial charge is 0.478 e. The van der Waals surface area contributed by atoms with Gasteiger partial charge in [0.2, 0.25) is 0 Å². The smallest absolute Gasteiger partial charge is 0.339 e. The number of hydrogen-bond donors (Lipinski definition) is 1. The molecule has 1 fully saturated rings. The number of piperidine rings is 1. The first-order valence-electron chi connectivity index (χ1n) is 8.18. The summed E-state index contributed by atoms with van der Waals surface area (Å²) >= 11 is 0. The van der Waals surface area contributed by atoms with Gasteiger partial charge >= 0.3 is 5.97 Å². The van der Waals surface area contributed by atoms with Crippen molar-refractivity contribution in [3.8, 4) is 0 Å². The second kappa shape index (κ2) is 6.73. The first kappa shape index (κ1) is 16.6. The molecule has 1 aromatic heterocycles. The Hall–Kier alpha value is -2.21. The average molecular weight is 331 g/mol. The summed E-state index contributed by atoms with van der Waals surface area (Å²) in [5.74, 6) is -1.06. The zero-order valence-electron chi connectivity index (χ0n) is 14.0. The van der Waals surface area contributed by atoms with Gasteiger partial charge in [0.05, 0.1) is 5.69 Å². The number of aryl methyl sites for hydroxylation is 2. The molecule has 1 aromatic carbocycles. The molecule has 0 bridgehead atoms. The quantitative estimate of drug-likeness (QED) is 0.936. The van der Waals surface area contributed by atoms with E-state index in [1.54, 1.807) is 30.1 Å². The highest BCUT2D eigenvalue weighted by Crippen LogP contribution is 2.29. The molecule has 1 saturated heterocycles. The molecule has 1 aliphatic rings. The lowest BCUT2D eigenvalue weighted by Gasteiger charge is -2.32. The number of benzene rings is 1. The van der Waals surface area contributed by atoms with Crippen molar-refractivity contribution in [2.45, 2.75) is 32.2 Å². The number of halogens is 1. The molecule has 128 valence electrons. The van der Waals surface area contributed by atoms with E-state index in [0.29, 0.717) is 12.2 Å². The van der Waals surface area contributed by atoms with Crippen LogP contribution in [0.3, 0.4) is 0 Å². The molecular weight excluding hydrogens is 309 g/mol.